The number of ether oxygens (including phenoxy) is 2. The summed E-state index contributed by atoms with van der Waals surface area (Å²) in [6, 6.07) is 20.1. The van der Waals surface area contributed by atoms with Crippen molar-refractivity contribution in [3.8, 4) is 22.6 Å². The molecule has 3 aromatic rings. The van der Waals surface area contributed by atoms with Crippen molar-refractivity contribution in [3.63, 3.8) is 0 Å². The second-order valence-corrected chi connectivity index (χ2v) is 8.04. The van der Waals surface area contributed by atoms with Gasteiger partial charge in [0.25, 0.3) is 0 Å². The Kier molecular flexibility index (Phi) is 4.48. The summed E-state index contributed by atoms with van der Waals surface area (Å²) in [5, 5.41) is 3.18. The number of nitrogens with one attached hydrogen (secondary N) is 1. The van der Waals surface area contributed by atoms with E-state index in [1.807, 2.05) is 49.4 Å². The van der Waals surface area contributed by atoms with Crippen LogP contribution in [0.15, 0.2) is 60.7 Å². The van der Waals surface area contributed by atoms with Gasteiger partial charge < -0.3 is 20.5 Å². The molecule has 3 aromatic carbocycles. The van der Waals surface area contributed by atoms with Crippen molar-refractivity contribution in [2.75, 3.05) is 12.1 Å². The number of carbonyl (C=O) groups is 1. The van der Waals surface area contributed by atoms with E-state index in [2.05, 4.69) is 23.5 Å². The fraction of sp³-hybridized carbons (Fsp3) is 0.240. The fourth-order valence-corrected chi connectivity index (χ4v) is 4.02. The molecular formula is C25H26N2O3. The maximum absolute atomic E-state index is 13.3. The number of rotatable bonds is 5. The van der Waals surface area contributed by atoms with Gasteiger partial charge in [0, 0.05) is 13.7 Å². The standard InChI is InChI=1S/C25H24N2O3.H2/c1-16-5-6-19(18-4-2-3-17(11-18)14-26)12-21(16)27-24(28)25(9-10-25)20-7-8-22-23(13-20)30-15-29-22;/h2-8,11-13H,9-10,14-15,26H2,1H3,(H,27,28);1H. The molecule has 2 aliphatic rings. The third-order valence-electron chi connectivity index (χ3n) is 6.09. The number of fused-ring (bicyclic) bond motifs is 1. The minimum Gasteiger partial charge on any atom is -0.454 e. The molecule has 0 saturated heterocycles. The molecule has 5 heteroatoms. The van der Waals surface area contributed by atoms with Crippen LogP contribution in [0.1, 0.15) is 31.0 Å². The molecular weight excluding hydrogens is 376 g/mol. The van der Waals surface area contributed by atoms with Crippen LogP contribution in [0.25, 0.3) is 11.1 Å². The lowest BCUT2D eigenvalue weighted by atomic mass is 9.94. The molecule has 5 nitrogen and oxygen atoms in total. The van der Waals surface area contributed by atoms with E-state index < -0.39 is 5.41 Å². The van der Waals surface area contributed by atoms with E-state index in [9.17, 15) is 4.79 Å². The van der Waals surface area contributed by atoms with Crippen molar-refractivity contribution in [1.29, 1.82) is 0 Å². The molecule has 0 unspecified atom stereocenters. The third kappa shape index (κ3) is 3.21. The molecule has 1 fully saturated rings. The molecule has 154 valence electrons. The second kappa shape index (κ2) is 7.18. The van der Waals surface area contributed by atoms with Gasteiger partial charge in [-0.1, -0.05) is 36.4 Å². The summed E-state index contributed by atoms with van der Waals surface area (Å²) in [6.45, 7) is 2.74. The number of hydrogen-bond acceptors (Lipinski definition) is 4. The first-order chi connectivity index (χ1) is 14.6. The Hall–Kier alpha value is -3.31. The van der Waals surface area contributed by atoms with Gasteiger partial charge in [-0.15, -0.1) is 0 Å². The quantitative estimate of drug-likeness (QED) is 0.645. The van der Waals surface area contributed by atoms with E-state index in [0.29, 0.717) is 12.3 Å². The average molecular weight is 402 g/mol. The highest BCUT2D eigenvalue weighted by Gasteiger charge is 2.51. The minimum atomic E-state index is -0.497. The maximum Gasteiger partial charge on any atom is 0.235 e. The van der Waals surface area contributed by atoms with Crippen molar-refractivity contribution in [3.05, 3.63) is 77.4 Å². The zero-order valence-electron chi connectivity index (χ0n) is 16.9. The van der Waals surface area contributed by atoms with Crippen LogP contribution in [-0.4, -0.2) is 12.7 Å². The zero-order valence-corrected chi connectivity index (χ0v) is 16.9. The minimum absolute atomic E-state index is 0. The Bertz CT molecular complexity index is 1140. The van der Waals surface area contributed by atoms with Gasteiger partial charge in [0.15, 0.2) is 11.5 Å². The van der Waals surface area contributed by atoms with Crippen LogP contribution in [0.2, 0.25) is 0 Å². The summed E-state index contributed by atoms with van der Waals surface area (Å²) in [6.07, 6.45) is 1.66. The Labute approximate surface area is 177 Å². The van der Waals surface area contributed by atoms with E-state index in [1.165, 1.54) is 0 Å². The first kappa shape index (κ1) is 18.7. The first-order valence-corrected chi connectivity index (χ1v) is 10.2. The summed E-state index contributed by atoms with van der Waals surface area (Å²) >= 11 is 0. The van der Waals surface area contributed by atoms with Gasteiger partial charge in [0.1, 0.15) is 0 Å². The summed E-state index contributed by atoms with van der Waals surface area (Å²) in [7, 11) is 0. The molecule has 0 atom stereocenters. The van der Waals surface area contributed by atoms with Gasteiger partial charge in [-0.25, -0.2) is 0 Å². The molecule has 5 rings (SSSR count). The van der Waals surface area contributed by atoms with Gasteiger partial charge in [-0.2, -0.15) is 0 Å². The van der Waals surface area contributed by atoms with Crippen LogP contribution in [-0.2, 0) is 16.8 Å². The molecule has 0 spiro atoms. The molecule has 0 bridgehead atoms. The zero-order chi connectivity index (χ0) is 20.7. The van der Waals surface area contributed by atoms with Gasteiger partial charge in [-0.3, -0.25) is 4.79 Å². The van der Waals surface area contributed by atoms with Crippen LogP contribution in [0.3, 0.4) is 0 Å². The molecule has 1 aliphatic heterocycles. The van der Waals surface area contributed by atoms with Crippen LogP contribution in [0, 0.1) is 6.92 Å². The monoisotopic (exact) mass is 402 g/mol. The predicted molar refractivity (Wildman–Crippen MR) is 119 cm³/mol. The molecule has 1 amide bonds. The van der Waals surface area contributed by atoms with Gasteiger partial charge in [0.2, 0.25) is 12.7 Å². The fourth-order valence-electron chi connectivity index (χ4n) is 4.02. The van der Waals surface area contributed by atoms with E-state index >= 15 is 0 Å². The van der Waals surface area contributed by atoms with Crippen molar-refractivity contribution in [2.24, 2.45) is 5.73 Å². The molecule has 30 heavy (non-hydrogen) atoms. The van der Waals surface area contributed by atoms with Crippen molar-refractivity contribution in [1.82, 2.24) is 0 Å². The molecule has 1 aliphatic carbocycles. The SMILES string of the molecule is Cc1ccc(-c2cccc(CN)c2)cc1NC(=O)C1(c2ccc3c(c2)OCO3)CC1.[HH]. The molecule has 0 radical (unpaired) electrons. The molecule has 3 N–H and O–H groups in total. The van der Waals surface area contributed by atoms with Crippen molar-refractivity contribution >= 4 is 11.6 Å². The van der Waals surface area contributed by atoms with Crippen LogP contribution < -0.4 is 20.5 Å². The largest absolute Gasteiger partial charge is 0.454 e. The number of aryl methyl sites for hydroxylation is 1. The van der Waals surface area contributed by atoms with Gasteiger partial charge in [0.05, 0.1) is 5.41 Å². The second-order valence-electron chi connectivity index (χ2n) is 8.04. The van der Waals surface area contributed by atoms with E-state index in [4.69, 9.17) is 15.2 Å². The van der Waals surface area contributed by atoms with E-state index in [1.54, 1.807) is 0 Å². The maximum atomic E-state index is 13.3. The first-order valence-electron chi connectivity index (χ1n) is 10.2. The highest BCUT2D eigenvalue weighted by Crippen LogP contribution is 2.51. The van der Waals surface area contributed by atoms with Crippen molar-refractivity contribution < 1.29 is 15.7 Å². The summed E-state index contributed by atoms with van der Waals surface area (Å²) < 4.78 is 10.9. The number of benzene rings is 3. The van der Waals surface area contributed by atoms with Gasteiger partial charge in [-0.05, 0) is 71.8 Å². The summed E-state index contributed by atoms with van der Waals surface area (Å²) in [5.41, 5.74) is 11.4. The number of amides is 1. The number of nitrogens with two attached hydrogens (primary N) is 1. The van der Waals surface area contributed by atoms with Crippen LogP contribution in [0.4, 0.5) is 5.69 Å². The Morgan fingerprint density at radius 3 is 2.63 bits per heavy atom. The summed E-state index contributed by atoms with van der Waals surface area (Å²) in [4.78, 5) is 13.3. The predicted octanol–water partition coefficient (Wildman–Crippen LogP) is 4.77. The molecule has 1 heterocycles. The number of anilines is 1. The third-order valence-corrected chi connectivity index (χ3v) is 6.09. The lowest BCUT2D eigenvalue weighted by Crippen LogP contribution is -2.28. The Balaban J connectivity index is 0.00000231. The molecule has 0 aromatic heterocycles. The normalized spacial score (nSPS) is 15.7. The van der Waals surface area contributed by atoms with E-state index in [0.717, 1.165) is 52.1 Å². The number of carbonyl (C=O) groups excluding carboxylic acids is 1. The van der Waals surface area contributed by atoms with Gasteiger partial charge >= 0.3 is 0 Å². The molecule has 1 saturated carbocycles. The highest BCUT2D eigenvalue weighted by atomic mass is 16.7. The van der Waals surface area contributed by atoms with E-state index in [-0.39, 0.29) is 14.1 Å². The Morgan fingerprint density at radius 2 is 1.83 bits per heavy atom. The average Bonchev–Trinajstić information content (AvgIpc) is 3.46. The lowest BCUT2D eigenvalue weighted by molar-refractivity contribution is -0.118. The number of hydrogen-bond donors (Lipinski definition) is 2. The lowest BCUT2D eigenvalue weighted by Gasteiger charge is -2.18. The smallest absolute Gasteiger partial charge is 0.235 e. The highest BCUT2D eigenvalue weighted by molar-refractivity contribution is 6.02. The Morgan fingerprint density at radius 1 is 1.03 bits per heavy atom. The summed E-state index contributed by atoms with van der Waals surface area (Å²) in [5.74, 6) is 1.47. The van der Waals surface area contributed by atoms with Crippen LogP contribution >= 0.6 is 0 Å². The van der Waals surface area contributed by atoms with Crippen molar-refractivity contribution in [2.45, 2.75) is 31.7 Å². The topological polar surface area (TPSA) is 73.6 Å². The van der Waals surface area contributed by atoms with Crippen LogP contribution in [0.5, 0.6) is 11.5 Å².